The Hall–Kier alpha value is -2.28. The van der Waals surface area contributed by atoms with Crippen LogP contribution < -0.4 is 4.74 Å². The third kappa shape index (κ3) is 1.55. The lowest BCUT2D eigenvalue weighted by atomic mass is 10.2. The summed E-state index contributed by atoms with van der Waals surface area (Å²) in [6.07, 6.45) is 2.38. The van der Waals surface area contributed by atoms with E-state index in [2.05, 4.69) is 4.98 Å². The van der Waals surface area contributed by atoms with Gasteiger partial charge in [-0.15, -0.1) is 0 Å². The van der Waals surface area contributed by atoms with E-state index in [1.807, 2.05) is 12.1 Å². The van der Waals surface area contributed by atoms with Crippen LogP contribution in [-0.4, -0.2) is 17.9 Å². The van der Waals surface area contributed by atoms with Crippen LogP contribution in [0.4, 0.5) is 0 Å². The summed E-state index contributed by atoms with van der Waals surface area (Å²) >= 11 is 0. The zero-order valence-corrected chi connectivity index (χ0v) is 7.86. The molecule has 0 radical (unpaired) electrons. The van der Waals surface area contributed by atoms with Gasteiger partial charge in [-0.3, -0.25) is 4.79 Å². The summed E-state index contributed by atoms with van der Waals surface area (Å²) in [5.74, 6) is 0.553. The van der Waals surface area contributed by atoms with Crippen LogP contribution in [0.3, 0.4) is 0 Å². The number of nitrogens with one attached hydrogen (secondary N) is 1. The van der Waals surface area contributed by atoms with Crippen LogP contribution in [-0.2, 0) is 0 Å². The van der Waals surface area contributed by atoms with Gasteiger partial charge in [-0.25, -0.2) is 0 Å². The fourth-order valence-corrected chi connectivity index (χ4v) is 1.50. The number of aromatic nitrogens is 1. The number of hydrogen-bond donors (Lipinski definition) is 1. The summed E-state index contributed by atoms with van der Waals surface area (Å²) in [6, 6.07) is 7.28. The molecule has 0 aliphatic heterocycles. The number of aromatic amines is 1. The molecule has 1 aromatic heterocycles. The third-order valence-corrected chi connectivity index (χ3v) is 2.12. The molecule has 0 aliphatic carbocycles. The Morgan fingerprint density at radius 2 is 2.40 bits per heavy atom. The van der Waals surface area contributed by atoms with Crippen molar-refractivity contribution in [1.82, 2.24) is 4.98 Å². The van der Waals surface area contributed by atoms with Crippen LogP contribution in [0.5, 0.6) is 5.75 Å². The smallest absolute Gasteiger partial charge is 0.174 e. The molecule has 15 heavy (non-hydrogen) atoms. The van der Waals surface area contributed by atoms with E-state index < -0.39 is 0 Å². The van der Waals surface area contributed by atoms with E-state index in [-0.39, 0.29) is 6.61 Å². The second-order valence-electron chi connectivity index (χ2n) is 2.99. The summed E-state index contributed by atoms with van der Waals surface area (Å²) in [6.45, 7) is -0.0252. The van der Waals surface area contributed by atoms with Crippen LogP contribution in [0.25, 0.3) is 10.9 Å². The molecule has 0 aliphatic rings. The Labute approximate surface area is 86.1 Å². The summed E-state index contributed by atoms with van der Waals surface area (Å²) in [5.41, 5.74) is 1.37. The number of rotatable bonds is 3. The number of carbonyl (C=O) groups is 1. The van der Waals surface area contributed by atoms with Crippen molar-refractivity contribution in [3.63, 3.8) is 0 Å². The average molecular weight is 200 g/mol. The van der Waals surface area contributed by atoms with E-state index in [0.29, 0.717) is 11.3 Å². The molecule has 0 bridgehead atoms. The Morgan fingerprint density at radius 3 is 3.13 bits per heavy atom. The molecule has 0 unspecified atom stereocenters. The van der Waals surface area contributed by atoms with Crippen molar-refractivity contribution in [2.75, 3.05) is 6.61 Å². The number of nitriles is 1. The zero-order chi connectivity index (χ0) is 10.7. The molecule has 1 N–H and O–H groups in total. The first-order valence-corrected chi connectivity index (χ1v) is 4.42. The lowest BCUT2D eigenvalue weighted by Gasteiger charge is -2.03. The number of fused-ring (bicyclic) bond motifs is 1. The van der Waals surface area contributed by atoms with Crippen LogP contribution in [0, 0.1) is 11.3 Å². The number of benzene rings is 1. The number of aldehydes is 1. The van der Waals surface area contributed by atoms with Gasteiger partial charge in [0.05, 0.1) is 5.39 Å². The predicted octanol–water partition coefficient (Wildman–Crippen LogP) is 1.88. The van der Waals surface area contributed by atoms with Gasteiger partial charge in [0, 0.05) is 17.3 Å². The molecule has 1 heterocycles. The molecular weight excluding hydrogens is 192 g/mol. The lowest BCUT2D eigenvalue weighted by Crippen LogP contribution is -1.94. The van der Waals surface area contributed by atoms with E-state index in [1.165, 1.54) is 0 Å². The molecule has 0 spiro atoms. The summed E-state index contributed by atoms with van der Waals surface area (Å²) in [4.78, 5) is 13.7. The minimum Gasteiger partial charge on any atom is -0.478 e. The van der Waals surface area contributed by atoms with Gasteiger partial charge in [-0.1, -0.05) is 6.07 Å². The predicted molar refractivity (Wildman–Crippen MR) is 54.8 cm³/mol. The molecule has 1 aromatic carbocycles. The van der Waals surface area contributed by atoms with Crippen LogP contribution in [0.15, 0.2) is 24.4 Å². The highest BCUT2D eigenvalue weighted by Crippen LogP contribution is 2.27. The van der Waals surface area contributed by atoms with Crippen molar-refractivity contribution in [3.05, 3.63) is 30.0 Å². The average Bonchev–Trinajstić information content (AvgIpc) is 2.69. The standard InChI is InChI=1S/C11H8N2O2/c12-4-5-15-10-3-1-2-9-11(10)8(7-14)6-13-9/h1-3,6-7,13H,5H2. The fraction of sp³-hybridized carbons (Fsp3) is 0.0909. The van der Waals surface area contributed by atoms with Crippen LogP contribution >= 0.6 is 0 Å². The molecule has 0 saturated heterocycles. The minimum atomic E-state index is -0.0252. The molecule has 0 amide bonds. The number of nitrogens with zero attached hydrogens (tertiary/aromatic N) is 1. The maximum absolute atomic E-state index is 10.8. The first-order valence-electron chi connectivity index (χ1n) is 4.42. The summed E-state index contributed by atoms with van der Waals surface area (Å²) < 4.78 is 5.23. The highest BCUT2D eigenvalue weighted by Gasteiger charge is 2.08. The van der Waals surface area contributed by atoms with Gasteiger partial charge in [-0.2, -0.15) is 5.26 Å². The van der Waals surface area contributed by atoms with Crippen molar-refractivity contribution in [2.24, 2.45) is 0 Å². The SMILES string of the molecule is N#CCOc1cccc2[nH]cc(C=O)c12. The first kappa shape index (κ1) is 9.28. The molecular formula is C11H8N2O2. The van der Waals surface area contributed by atoms with Gasteiger partial charge in [0.15, 0.2) is 12.9 Å². The summed E-state index contributed by atoms with van der Waals surface area (Å²) in [7, 11) is 0. The molecule has 4 nitrogen and oxygen atoms in total. The van der Waals surface area contributed by atoms with Gasteiger partial charge in [0.1, 0.15) is 11.8 Å². The monoisotopic (exact) mass is 200 g/mol. The van der Waals surface area contributed by atoms with Gasteiger partial charge in [-0.05, 0) is 12.1 Å². The molecule has 2 aromatic rings. The summed E-state index contributed by atoms with van der Waals surface area (Å²) in [5, 5.41) is 9.15. The zero-order valence-electron chi connectivity index (χ0n) is 7.86. The van der Waals surface area contributed by atoms with Gasteiger partial charge >= 0.3 is 0 Å². The van der Waals surface area contributed by atoms with Gasteiger partial charge < -0.3 is 9.72 Å². The van der Waals surface area contributed by atoms with Gasteiger partial charge in [0.25, 0.3) is 0 Å². The van der Waals surface area contributed by atoms with E-state index in [9.17, 15) is 4.79 Å². The topological polar surface area (TPSA) is 65.9 Å². The van der Waals surface area contributed by atoms with Crippen molar-refractivity contribution in [3.8, 4) is 11.8 Å². The number of hydrogen-bond acceptors (Lipinski definition) is 3. The normalized spacial score (nSPS) is 9.80. The minimum absolute atomic E-state index is 0.0252. The number of carbonyl (C=O) groups excluding carboxylic acids is 1. The van der Waals surface area contributed by atoms with Crippen LogP contribution in [0.1, 0.15) is 10.4 Å². The van der Waals surface area contributed by atoms with Crippen molar-refractivity contribution in [2.45, 2.75) is 0 Å². The Kier molecular flexibility index (Phi) is 2.38. The van der Waals surface area contributed by atoms with Crippen molar-refractivity contribution >= 4 is 17.2 Å². The second kappa shape index (κ2) is 3.84. The van der Waals surface area contributed by atoms with E-state index >= 15 is 0 Å². The van der Waals surface area contributed by atoms with Gasteiger partial charge in [0.2, 0.25) is 0 Å². The largest absolute Gasteiger partial charge is 0.478 e. The van der Waals surface area contributed by atoms with E-state index in [0.717, 1.165) is 17.2 Å². The Balaban J connectivity index is 2.57. The molecule has 0 fully saturated rings. The Bertz CT molecular complexity index is 537. The molecule has 4 heteroatoms. The van der Waals surface area contributed by atoms with E-state index in [1.54, 1.807) is 18.3 Å². The fourth-order valence-electron chi connectivity index (χ4n) is 1.50. The molecule has 0 saturated carbocycles. The van der Waals surface area contributed by atoms with Crippen molar-refractivity contribution in [1.29, 1.82) is 5.26 Å². The molecule has 2 rings (SSSR count). The number of H-pyrrole nitrogens is 1. The quantitative estimate of drug-likeness (QED) is 0.769. The highest BCUT2D eigenvalue weighted by atomic mass is 16.5. The van der Waals surface area contributed by atoms with E-state index in [4.69, 9.17) is 10.00 Å². The maximum atomic E-state index is 10.8. The van der Waals surface area contributed by atoms with Crippen molar-refractivity contribution < 1.29 is 9.53 Å². The number of ether oxygens (including phenoxy) is 1. The highest BCUT2D eigenvalue weighted by molar-refractivity contribution is 6.00. The third-order valence-electron chi connectivity index (χ3n) is 2.12. The Morgan fingerprint density at radius 1 is 1.53 bits per heavy atom. The molecule has 0 atom stereocenters. The second-order valence-corrected chi connectivity index (χ2v) is 2.99. The molecule has 74 valence electrons. The first-order chi connectivity index (χ1) is 7.36. The lowest BCUT2D eigenvalue weighted by molar-refractivity contribution is 0.112. The maximum Gasteiger partial charge on any atom is 0.174 e. The van der Waals surface area contributed by atoms with Crippen LogP contribution in [0.2, 0.25) is 0 Å².